The number of thiophene rings is 1. The van der Waals surface area contributed by atoms with Crippen molar-refractivity contribution in [2.24, 2.45) is 0 Å². The fourth-order valence-corrected chi connectivity index (χ4v) is 11.3. The highest BCUT2D eigenvalue weighted by Crippen LogP contribution is 2.49. The molecule has 0 fully saturated rings. The van der Waals surface area contributed by atoms with E-state index in [9.17, 15) is 0 Å². The van der Waals surface area contributed by atoms with Crippen molar-refractivity contribution in [2.75, 3.05) is 4.90 Å². The Morgan fingerprint density at radius 3 is 1.56 bits per heavy atom. The Balaban J connectivity index is 1.04. The van der Waals surface area contributed by atoms with Crippen LogP contribution in [0.4, 0.5) is 17.1 Å². The van der Waals surface area contributed by atoms with Gasteiger partial charge in [-0.15, -0.1) is 11.3 Å². The normalized spacial score (nSPS) is 11.8. The number of para-hydroxylation sites is 1. The van der Waals surface area contributed by atoms with Crippen molar-refractivity contribution in [3.63, 3.8) is 0 Å². The molecule has 0 spiro atoms. The van der Waals surface area contributed by atoms with Crippen LogP contribution < -0.4 is 4.90 Å². The molecule has 2 heterocycles. The van der Waals surface area contributed by atoms with Crippen LogP contribution >= 0.6 is 11.3 Å². The van der Waals surface area contributed by atoms with E-state index in [0.717, 1.165) is 22.7 Å². The molecule has 11 aromatic carbocycles. The molecule has 0 atom stereocenters. The summed E-state index contributed by atoms with van der Waals surface area (Å²) in [6.45, 7) is 0. The molecular weight excluding hydrogens is 781 g/mol. The Labute approximate surface area is 368 Å². The van der Waals surface area contributed by atoms with Gasteiger partial charge in [-0.05, 0) is 99.1 Å². The van der Waals surface area contributed by atoms with Gasteiger partial charge in [0.1, 0.15) is 0 Å². The van der Waals surface area contributed by atoms with E-state index in [-0.39, 0.29) is 0 Å². The molecule has 294 valence electrons. The number of aromatic nitrogens is 1. The van der Waals surface area contributed by atoms with Crippen LogP contribution in [0.1, 0.15) is 0 Å². The molecule has 0 amide bonds. The lowest BCUT2D eigenvalue weighted by atomic mass is 9.97. The summed E-state index contributed by atoms with van der Waals surface area (Å²) in [6, 6.07) is 84.5. The lowest BCUT2D eigenvalue weighted by molar-refractivity contribution is 1.19. The maximum atomic E-state index is 2.49. The Morgan fingerprint density at radius 2 is 0.873 bits per heavy atom. The molecule has 2 nitrogen and oxygen atoms in total. The summed E-state index contributed by atoms with van der Waals surface area (Å²) in [5, 5.41) is 12.6. The van der Waals surface area contributed by atoms with Crippen LogP contribution in [0.25, 0.3) is 102 Å². The fourth-order valence-electron chi connectivity index (χ4n) is 10.1. The number of hydrogen-bond donors (Lipinski definition) is 0. The standard InChI is InChI=1S/C60H38N2S/c1-3-15-39(16-4-1)44-32-36-56-52(38-44)57-49-25-11-12-26-50(49)59-58(60(57)63-56)51-37-43(31-35-55(51)62(59)45-21-5-2-6-22-45)40-29-33-46(34-30-40)61(53-27-13-19-41-17-7-9-23-47(41)53)54-28-14-20-42-18-8-10-24-48(42)54/h1-38H. The third-order valence-corrected chi connectivity index (χ3v) is 14.1. The second-order valence-corrected chi connectivity index (χ2v) is 17.5. The first-order valence-corrected chi connectivity index (χ1v) is 22.4. The zero-order valence-electron chi connectivity index (χ0n) is 34.2. The summed E-state index contributed by atoms with van der Waals surface area (Å²) in [5.74, 6) is 0. The molecule has 0 saturated carbocycles. The molecular formula is C60H38N2S. The van der Waals surface area contributed by atoms with E-state index in [4.69, 9.17) is 0 Å². The van der Waals surface area contributed by atoms with Crippen LogP contribution in [0.2, 0.25) is 0 Å². The summed E-state index contributed by atoms with van der Waals surface area (Å²) < 4.78 is 5.12. The van der Waals surface area contributed by atoms with Gasteiger partial charge >= 0.3 is 0 Å². The van der Waals surface area contributed by atoms with Crippen molar-refractivity contribution in [1.82, 2.24) is 4.57 Å². The quantitative estimate of drug-likeness (QED) is 0.162. The molecule has 13 aromatic rings. The summed E-state index contributed by atoms with van der Waals surface area (Å²) in [7, 11) is 0. The van der Waals surface area contributed by atoms with Crippen molar-refractivity contribution < 1.29 is 0 Å². The zero-order valence-corrected chi connectivity index (χ0v) is 35.1. The maximum absolute atomic E-state index is 2.49. The minimum Gasteiger partial charge on any atom is -0.309 e. The highest BCUT2D eigenvalue weighted by Gasteiger charge is 2.23. The molecule has 0 bridgehead atoms. The molecule has 0 unspecified atom stereocenters. The van der Waals surface area contributed by atoms with Gasteiger partial charge in [-0.3, -0.25) is 0 Å². The third kappa shape index (κ3) is 5.64. The number of fused-ring (bicyclic) bond motifs is 12. The van der Waals surface area contributed by atoms with E-state index in [0.29, 0.717) is 0 Å². The number of rotatable bonds is 6. The third-order valence-electron chi connectivity index (χ3n) is 12.9. The summed E-state index contributed by atoms with van der Waals surface area (Å²) in [6.07, 6.45) is 0. The van der Waals surface area contributed by atoms with Gasteiger partial charge in [0, 0.05) is 58.5 Å². The molecule has 0 aliphatic heterocycles. The molecule has 0 radical (unpaired) electrons. The minimum atomic E-state index is 1.11. The van der Waals surface area contributed by atoms with Gasteiger partial charge < -0.3 is 9.47 Å². The number of anilines is 3. The van der Waals surface area contributed by atoms with E-state index in [1.54, 1.807) is 0 Å². The first kappa shape index (κ1) is 35.7. The maximum Gasteiger partial charge on any atom is 0.0634 e. The second-order valence-electron chi connectivity index (χ2n) is 16.4. The predicted octanol–water partition coefficient (Wildman–Crippen LogP) is 17.4. The molecule has 2 aromatic heterocycles. The average Bonchev–Trinajstić information content (AvgIpc) is 3.91. The van der Waals surface area contributed by atoms with Gasteiger partial charge in [0.2, 0.25) is 0 Å². The number of nitrogens with zero attached hydrogens (tertiary/aromatic N) is 2. The Hall–Kier alpha value is -7.98. The lowest BCUT2D eigenvalue weighted by Crippen LogP contribution is -2.11. The van der Waals surface area contributed by atoms with Crippen LogP contribution in [-0.4, -0.2) is 4.57 Å². The van der Waals surface area contributed by atoms with Crippen LogP contribution in [0, 0.1) is 0 Å². The van der Waals surface area contributed by atoms with E-state index in [2.05, 4.69) is 240 Å². The molecule has 0 aliphatic carbocycles. The van der Waals surface area contributed by atoms with Gasteiger partial charge in [0.25, 0.3) is 0 Å². The van der Waals surface area contributed by atoms with E-state index in [1.807, 2.05) is 11.3 Å². The summed E-state index contributed by atoms with van der Waals surface area (Å²) in [4.78, 5) is 2.43. The first-order valence-electron chi connectivity index (χ1n) is 21.6. The van der Waals surface area contributed by atoms with Crippen molar-refractivity contribution in [3.8, 4) is 27.9 Å². The Bertz CT molecular complexity index is 3810. The highest BCUT2D eigenvalue weighted by molar-refractivity contribution is 7.27. The minimum absolute atomic E-state index is 1.11. The van der Waals surface area contributed by atoms with Crippen LogP contribution in [0.3, 0.4) is 0 Å². The Kier molecular flexibility index (Phi) is 8.12. The van der Waals surface area contributed by atoms with Gasteiger partial charge in [-0.25, -0.2) is 0 Å². The van der Waals surface area contributed by atoms with Gasteiger partial charge in [-0.2, -0.15) is 0 Å². The van der Waals surface area contributed by atoms with Gasteiger partial charge in [0.15, 0.2) is 0 Å². The second kappa shape index (κ2) is 14.3. The predicted molar refractivity (Wildman–Crippen MR) is 272 cm³/mol. The molecule has 13 rings (SSSR count). The van der Waals surface area contributed by atoms with Crippen LogP contribution in [0.15, 0.2) is 231 Å². The topological polar surface area (TPSA) is 8.17 Å². The van der Waals surface area contributed by atoms with Gasteiger partial charge in [-0.1, -0.05) is 170 Å². The zero-order chi connectivity index (χ0) is 41.4. The summed E-state index contributed by atoms with van der Waals surface area (Å²) in [5.41, 5.74) is 11.9. The van der Waals surface area contributed by atoms with Crippen molar-refractivity contribution in [3.05, 3.63) is 231 Å². The molecule has 0 aliphatic rings. The largest absolute Gasteiger partial charge is 0.309 e. The Morgan fingerprint density at radius 1 is 0.349 bits per heavy atom. The smallest absolute Gasteiger partial charge is 0.0634 e. The van der Waals surface area contributed by atoms with Crippen molar-refractivity contribution in [2.45, 2.75) is 0 Å². The lowest BCUT2D eigenvalue weighted by Gasteiger charge is -2.28. The van der Waals surface area contributed by atoms with Crippen molar-refractivity contribution in [1.29, 1.82) is 0 Å². The molecule has 0 saturated heterocycles. The SMILES string of the molecule is c1ccc(-c2ccc3sc4c(c3c2)c2ccccc2c2c4c3cc(-c4ccc(N(c5cccc6ccccc56)c5cccc6ccccc56)cc4)ccc3n2-c2ccccc2)cc1. The average molecular weight is 819 g/mol. The van der Waals surface area contributed by atoms with Crippen LogP contribution in [0.5, 0.6) is 0 Å². The summed E-state index contributed by atoms with van der Waals surface area (Å²) >= 11 is 1.92. The van der Waals surface area contributed by atoms with Crippen LogP contribution in [-0.2, 0) is 0 Å². The fraction of sp³-hybridized carbons (Fsp3) is 0. The van der Waals surface area contributed by atoms with Crippen molar-refractivity contribution >= 4 is 103 Å². The molecule has 3 heteroatoms. The first-order chi connectivity index (χ1) is 31.3. The van der Waals surface area contributed by atoms with E-state index in [1.165, 1.54) is 96.5 Å². The number of hydrogen-bond acceptors (Lipinski definition) is 2. The van der Waals surface area contributed by atoms with E-state index >= 15 is 0 Å². The monoisotopic (exact) mass is 818 g/mol. The van der Waals surface area contributed by atoms with E-state index < -0.39 is 0 Å². The molecule has 0 N–H and O–H groups in total. The van der Waals surface area contributed by atoms with Gasteiger partial charge in [0.05, 0.1) is 22.4 Å². The molecule has 63 heavy (non-hydrogen) atoms. The highest BCUT2D eigenvalue weighted by atomic mass is 32.1. The number of benzene rings is 11.